The molecule has 0 unspecified atom stereocenters. The lowest BCUT2D eigenvalue weighted by atomic mass is 9.90. The van der Waals surface area contributed by atoms with Crippen molar-refractivity contribution in [2.24, 2.45) is 49.1 Å². The number of anilines is 1. The van der Waals surface area contributed by atoms with E-state index in [1.165, 1.54) is 27.4 Å². The van der Waals surface area contributed by atoms with E-state index in [0.717, 1.165) is 82.4 Å². The number of hydrogen-bond acceptors (Lipinski definition) is 29. The molecule has 6 amide bonds. The number of amides is 6. The number of aliphatic imine (C=N–C) groups is 1. The summed E-state index contributed by atoms with van der Waals surface area (Å²) in [6.45, 7) is 74.5. The third-order valence-electron chi connectivity index (χ3n) is 20.5. The van der Waals surface area contributed by atoms with Gasteiger partial charge in [-0.15, -0.1) is 22.7 Å². The van der Waals surface area contributed by atoms with Gasteiger partial charge >= 0.3 is 6.03 Å². The van der Waals surface area contributed by atoms with E-state index < -0.39 is 17.7 Å². The van der Waals surface area contributed by atoms with Gasteiger partial charge in [-0.1, -0.05) is 187 Å². The molecule has 2 saturated heterocycles. The summed E-state index contributed by atoms with van der Waals surface area (Å²) in [5.41, 5.74) is 25.1. The topological polar surface area (TPSA) is 507 Å². The number of piperazine rings is 1. The number of aromatic nitrogens is 13. The maximum Gasteiger partial charge on any atom is 0.341 e. The molecule has 0 aromatic carbocycles. The van der Waals surface area contributed by atoms with Crippen LogP contribution in [0.3, 0.4) is 0 Å². The second kappa shape index (κ2) is 53.6. The first-order valence-corrected chi connectivity index (χ1v) is 47.9. The van der Waals surface area contributed by atoms with Crippen LogP contribution in [-0.4, -0.2) is 256 Å². The van der Waals surface area contributed by atoms with Crippen molar-refractivity contribution >= 4 is 87.7 Å². The Labute approximate surface area is 831 Å². The van der Waals surface area contributed by atoms with Gasteiger partial charge in [0.05, 0.1) is 82.9 Å². The highest BCUT2D eigenvalue weighted by Crippen LogP contribution is 2.32. The van der Waals surface area contributed by atoms with Gasteiger partial charge in [0.2, 0.25) is 41.4 Å². The lowest BCUT2D eigenvalue weighted by molar-refractivity contribution is -0.134. The van der Waals surface area contributed by atoms with Crippen LogP contribution in [0.5, 0.6) is 0 Å². The van der Waals surface area contributed by atoms with E-state index >= 15 is 0 Å². The Morgan fingerprint density at radius 3 is 1.38 bits per heavy atom. The second-order valence-electron chi connectivity index (χ2n) is 43.0. The first-order valence-electron chi connectivity index (χ1n) is 46.2. The molecule has 11 heterocycles. The second-order valence-corrected chi connectivity index (χ2v) is 45.0. The van der Waals surface area contributed by atoms with Crippen LogP contribution in [0.4, 0.5) is 16.7 Å². The molecule has 9 aromatic heterocycles. The summed E-state index contributed by atoms with van der Waals surface area (Å²) < 4.78 is 33.8. The molecule has 772 valence electrons. The Morgan fingerprint density at radius 2 is 1.00 bits per heavy atom. The molecule has 0 atom stereocenters. The van der Waals surface area contributed by atoms with Gasteiger partial charge in [-0.3, -0.25) is 39.1 Å². The predicted octanol–water partition coefficient (Wildman–Crippen LogP) is 12.9. The van der Waals surface area contributed by atoms with Crippen molar-refractivity contribution in [1.29, 1.82) is 5.41 Å². The summed E-state index contributed by atoms with van der Waals surface area (Å²) in [7, 11) is 13.1. The number of primary amides is 3. The molecule has 39 nitrogen and oxygen atoms in total. The number of thiazole rings is 2. The molecular weight excluding hydrogens is 1810 g/mol. The Hall–Kier alpha value is -11.7. The van der Waals surface area contributed by atoms with Gasteiger partial charge in [0.1, 0.15) is 23.7 Å². The SMILES string of the molecule is CC(C)(C)c1cnc(C(N)=O)s1.CC(C)(C)c1cnc(CC(=O)N2CCOCC2)o1.CCOC(=N)Cc1ncc(C(C)(C)C)o1.CN(C)CC(=O)Cc1ncc(C(C)(C)C)o1.CN1CCN(CCNC(=O)c2ncc(C(C)(C)C)s2)CC1.CNC(=O)n1cc(C(C)(C)C)cn1.Cn1c(C(C)(C)C)cnc1C(N)=O.Cn1c(C(C)(C)C)cnc1NCC(N)=O.[C-]#[N+]CC(N)=Nc1ncc(C(C)(C)C)n1C. The highest BCUT2D eigenvalue weighted by molar-refractivity contribution is 7.14. The number of likely N-dealkylation sites (N-methyl/N-ethyl adjacent to an activating group) is 2. The molecule has 2 aliphatic heterocycles. The number of nitrogens with one attached hydrogen (secondary N) is 4. The molecule has 41 heteroatoms. The third-order valence-corrected chi connectivity index (χ3v) is 23.3. The average Bonchev–Trinajstić information content (AvgIpc) is 1.67. The molecule has 0 aliphatic carbocycles. The van der Waals surface area contributed by atoms with Crippen LogP contribution in [0, 0.1) is 12.0 Å². The Bertz CT molecular complexity index is 5430. The van der Waals surface area contributed by atoms with E-state index in [-0.39, 0.29) is 104 Å². The summed E-state index contributed by atoms with van der Waals surface area (Å²) in [5, 5.41) is 20.7. The average molecular weight is 1970 g/mol. The zero-order valence-electron chi connectivity index (χ0n) is 89.3. The van der Waals surface area contributed by atoms with Gasteiger partial charge in [-0.25, -0.2) is 51.2 Å². The number of morpholine rings is 1. The van der Waals surface area contributed by atoms with Gasteiger partial charge < -0.3 is 94.9 Å². The lowest BCUT2D eigenvalue weighted by Gasteiger charge is -2.32. The number of imidazole rings is 3. The van der Waals surface area contributed by atoms with E-state index in [9.17, 15) is 33.6 Å². The highest BCUT2D eigenvalue weighted by Gasteiger charge is 2.30. The monoisotopic (exact) mass is 1970 g/mol. The van der Waals surface area contributed by atoms with Crippen molar-refractivity contribution in [3.05, 3.63) is 157 Å². The zero-order valence-corrected chi connectivity index (χ0v) is 90.9. The summed E-state index contributed by atoms with van der Waals surface area (Å²) in [6, 6.07) is -0.212. The van der Waals surface area contributed by atoms with Crippen LogP contribution in [0.15, 0.2) is 80.2 Å². The number of amidine groups is 1. The molecule has 0 saturated carbocycles. The van der Waals surface area contributed by atoms with Crippen molar-refractivity contribution in [3.63, 3.8) is 0 Å². The maximum absolute atomic E-state index is 12.1. The number of carbonyl (C=O) groups is 7. The molecular formula is C98H161N27O12S2. The van der Waals surface area contributed by atoms with Crippen LogP contribution in [0.25, 0.3) is 4.85 Å². The molecule has 9 aromatic rings. The summed E-state index contributed by atoms with van der Waals surface area (Å²) >= 11 is 2.85. The van der Waals surface area contributed by atoms with Gasteiger partial charge in [-0.2, -0.15) is 14.8 Å². The maximum atomic E-state index is 12.1. The van der Waals surface area contributed by atoms with Crippen LogP contribution < -0.4 is 38.9 Å². The normalized spacial score (nSPS) is 13.4. The Kier molecular flexibility index (Phi) is 46.8. The minimum atomic E-state index is -0.488. The minimum Gasteiger partial charge on any atom is -0.481 e. The molecule has 0 radical (unpaired) electrons. The number of ether oxygens (including phenoxy) is 2. The fourth-order valence-electron chi connectivity index (χ4n) is 12.3. The number of hydrogen-bond donors (Lipinski definition) is 8. The van der Waals surface area contributed by atoms with Gasteiger partial charge in [0.15, 0.2) is 33.4 Å². The number of nitrogens with two attached hydrogens (primary N) is 4. The van der Waals surface area contributed by atoms with E-state index in [0.29, 0.717) is 104 Å². The molecule has 0 bridgehead atoms. The summed E-state index contributed by atoms with van der Waals surface area (Å²) in [4.78, 5) is 130. The van der Waals surface area contributed by atoms with E-state index in [1.807, 2.05) is 61.5 Å². The van der Waals surface area contributed by atoms with Crippen LogP contribution in [0.2, 0.25) is 0 Å². The van der Waals surface area contributed by atoms with Gasteiger partial charge in [0, 0.05) is 165 Å². The molecule has 2 aliphatic rings. The van der Waals surface area contributed by atoms with E-state index in [4.69, 9.17) is 57.6 Å². The van der Waals surface area contributed by atoms with Crippen molar-refractivity contribution in [3.8, 4) is 0 Å². The van der Waals surface area contributed by atoms with Gasteiger partial charge in [-0.05, 0) is 49.9 Å². The third kappa shape index (κ3) is 43.3. The first kappa shape index (κ1) is 121. The van der Waals surface area contributed by atoms with E-state index in [1.54, 1.807) is 73.1 Å². The molecule has 139 heavy (non-hydrogen) atoms. The molecule has 2 fully saturated rings. The number of ketones is 1. The summed E-state index contributed by atoms with van der Waals surface area (Å²) in [6.07, 6.45) is 18.3. The highest BCUT2D eigenvalue weighted by atomic mass is 32.1. The van der Waals surface area contributed by atoms with Crippen molar-refractivity contribution < 1.29 is 56.3 Å². The first-order chi connectivity index (χ1) is 63.9. The Morgan fingerprint density at radius 1 is 0.540 bits per heavy atom. The number of nitrogens with zero attached hydrogens (tertiary/aromatic N) is 19. The molecule has 0 spiro atoms. The smallest absolute Gasteiger partial charge is 0.341 e. The molecule has 11 rings (SSSR count). The predicted molar refractivity (Wildman–Crippen MR) is 549 cm³/mol. The van der Waals surface area contributed by atoms with Crippen molar-refractivity contribution in [1.82, 2.24) is 93.6 Å². The van der Waals surface area contributed by atoms with Gasteiger partial charge in [0.25, 0.3) is 24.3 Å². The largest absolute Gasteiger partial charge is 0.481 e. The standard InChI is InChI=1S/C15H26N4OS.C13H20N2O3.C12H20N2O2.C11H17N5.C11H18N2O2.C10H18N4O.2C9H15N3O.C8H12N2OS/c1-15(2,3)12-11-17-14(21-12)13(20)16-5-6-19-9-7-18(4)8-10-19;1-13(2,3)10-9-14-11(18-10)8-12(16)15-4-6-17-7-5-15;1-12(2,3)10-7-13-11(16-10)6-9(15)8-14(4)5;1-11(2,3)8-6-14-10(16(8)5)15-9(12)7-13-4;1-5-14-9(12)6-10-13-7-8(15-10)11(2,3)4;1-10(2,3)7-5-12-9(14(7)4)13-6-8(11)15;1-9(2,3)7-5-11-12(6-7)8(13)10-4;1-9(2,3)6-5-11-8(7(10)13)12(6)4;1-8(2,3)5-4-10-7(12-5)6(9)11/h11H,5-10H2,1-4H3,(H,16,20);9H,4-8H2,1-3H3;7H,6,8H2,1-5H3;6H,7H2,1-3,5H3,(H2,12,14,15);7,12H,5-6H2,1-4H3;5H,6H2,1-4H3,(H2,11,15)(H,12,13);5-6H,1-4H3,(H,10,13);5H,1-4H3,(H2,10,13);4H,1-3H3,(H2,9,11). The minimum absolute atomic E-state index is 0.0179. The Balaban J connectivity index is 0.000000404. The van der Waals surface area contributed by atoms with E-state index in [2.05, 4.69) is 275 Å². The number of oxazole rings is 3. The number of rotatable bonds is 20. The van der Waals surface area contributed by atoms with Crippen LogP contribution in [-0.2, 0) is 113 Å². The summed E-state index contributed by atoms with van der Waals surface area (Å²) in [5.74, 6) is 4.82. The lowest BCUT2D eigenvalue weighted by Crippen LogP contribution is -2.46. The number of carbonyl (C=O) groups excluding carboxylic acids is 7. The van der Waals surface area contributed by atoms with Crippen molar-refractivity contribution in [2.45, 2.75) is 262 Å². The fraction of sp³-hybridized carbons (Fsp3) is 0.622. The zero-order chi connectivity index (χ0) is 106. The quantitative estimate of drug-likeness (QED) is 0.0200. The van der Waals surface area contributed by atoms with Crippen molar-refractivity contribution in [2.75, 3.05) is 125 Å². The number of Topliss-reactive ketones (excluding diaryl/α,β-unsaturated/α-hetero) is 1. The fourth-order valence-corrected chi connectivity index (χ4v) is 14.0. The molecule has 12 N–H and O–H groups in total. The van der Waals surface area contributed by atoms with Crippen LogP contribution in [0.1, 0.15) is 291 Å². The van der Waals surface area contributed by atoms with Crippen LogP contribution >= 0.6 is 22.7 Å².